The maximum atomic E-state index is 11.7. The van der Waals surface area contributed by atoms with E-state index in [9.17, 15) is 9.59 Å². The number of nitrogens with two attached hydrogens (primary N) is 1. The Kier molecular flexibility index (Phi) is 5.05. The molecule has 1 rings (SSSR count). The Morgan fingerprint density at radius 3 is 2.42 bits per heavy atom. The topological polar surface area (TPSA) is 102 Å². The quantitative estimate of drug-likeness (QED) is 0.703. The van der Waals surface area contributed by atoms with E-state index in [2.05, 4.69) is 15.7 Å². The minimum Gasteiger partial charge on any atom is -0.346 e. The van der Waals surface area contributed by atoms with Gasteiger partial charge in [-0.2, -0.15) is 5.10 Å². The van der Waals surface area contributed by atoms with Gasteiger partial charge in [-0.15, -0.1) is 0 Å². The highest BCUT2D eigenvalue weighted by atomic mass is 16.2. The second kappa shape index (κ2) is 6.33. The Bertz CT molecular complexity index is 479. The second-order valence-electron chi connectivity index (χ2n) is 4.61. The molecule has 0 bridgehead atoms. The van der Waals surface area contributed by atoms with Crippen LogP contribution in [0.1, 0.15) is 31.3 Å². The highest BCUT2D eigenvalue weighted by Gasteiger charge is 2.15. The zero-order chi connectivity index (χ0) is 14.6. The molecule has 1 aromatic rings. The lowest BCUT2D eigenvalue weighted by Gasteiger charge is -2.09. The van der Waals surface area contributed by atoms with Crippen molar-refractivity contribution >= 4 is 17.5 Å². The number of rotatable bonds is 5. The molecule has 0 spiro atoms. The fraction of sp³-hybridized carbons (Fsp3) is 0.583. The maximum Gasteiger partial charge on any atom is 0.243 e. The van der Waals surface area contributed by atoms with Gasteiger partial charge in [0.1, 0.15) is 0 Å². The van der Waals surface area contributed by atoms with Gasteiger partial charge in [-0.05, 0) is 27.7 Å². The summed E-state index contributed by atoms with van der Waals surface area (Å²) in [5, 5.41) is 9.54. The fourth-order valence-electron chi connectivity index (χ4n) is 1.78. The van der Waals surface area contributed by atoms with Crippen molar-refractivity contribution in [3.8, 4) is 0 Å². The van der Waals surface area contributed by atoms with E-state index in [0.29, 0.717) is 5.69 Å². The third-order valence-corrected chi connectivity index (χ3v) is 2.71. The molecule has 19 heavy (non-hydrogen) atoms. The van der Waals surface area contributed by atoms with Crippen LogP contribution in [0.15, 0.2) is 0 Å². The average Bonchev–Trinajstić information content (AvgIpc) is 2.64. The van der Waals surface area contributed by atoms with Gasteiger partial charge < -0.3 is 16.4 Å². The van der Waals surface area contributed by atoms with E-state index in [-0.39, 0.29) is 30.9 Å². The third kappa shape index (κ3) is 3.78. The van der Waals surface area contributed by atoms with E-state index in [1.165, 1.54) is 0 Å². The number of nitrogens with zero attached hydrogens (tertiary/aromatic N) is 2. The van der Waals surface area contributed by atoms with Crippen molar-refractivity contribution in [3.05, 3.63) is 11.4 Å². The summed E-state index contributed by atoms with van der Waals surface area (Å²) in [5.74, 6) is -0.655. The van der Waals surface area contributed by atoms with Gasteiger partial charge in [-0.1, -0.05) is 0 Å². The van der Waals surface area contributed by atoms with Crippen LogP contribution in [-0.2, 0) is 9.59 Å². The summed E-state index contributed by atoms with van der Waals surface area (Å²) in [7, 11) is 0. The summed E-state index contributed by atoms with van der Waals surface area (Å²) in [6, 6.07) is 0.223. The van der Waals surface area contributed by atoms with Crippen LogP contribution >= 0.6 is 0 Å². The van der Waals surface area contributed by atoms with E-state index < -0.39 is 0 Å². The first-order valence-corrected chi connectivity index (χ1v) is 6.19. The van der Waals surface area contributed by atoms with Gasteiger partial charge >= 0.3 is 0 Å². The maximum absolute atomic E-state index is 11.7. The van der Waals surface area contributed by atoms with E-state index in [4.69, 9.17) is 5.73 Å². The van der Waals surface area contributed by atoms with Crippen LogP contribution in [0.25, 0.3) is 0 Å². The van der Waals surface area contributed by atoms with Crippen LogP contribution in [0.3, 0.4) is 0 Å². The molecule has 7 heteroatoms. The van der Waals surface area contributed by atoms with Crippen LogP contribution in [-0.4, -0.2) is 34.7 Å². The molecule has 0 saturated carbocycles. The van der Waals surface area contributed by atoms with Gasteiger partial charge in [-0.25, -0.2) is 0 Å². The Hall–Kier alpha value is -1.89. The lowest BCUT2D eigenvalue weighted by molar-refractivity contribution is -0.123. The Morgan fingerprint density at radius 2 is 1.95 bits per heavy atom. The lowest BCUT2D eigenvalue weighted by Crippen LogP contribution is -2.36. The number of hydrogen-bond donors (Lipinski definition) is 3. The van der Waals surface area contributed by atoms with Crippen molar-refractivity contribution in [2.24, 2.45) is 5.73 Å². The molecule has 1 aromatic heterocycles. The zero-order valence-corrected chi connectivity index (χ0v) is 11.8. The van der Waals surface area contributed by atoms with Crippen LogP contribution in [0, 0.1) is 13.8 Å². The lowest BCUT2D eigenvalue weighted by atomic mass is 10.3. The van der Waals surface area contributed by atoms with Gasteiger partial charge in [0.05, 0.1) is 30.2 Å². The van der Waals surface area contributed by atoms with Crippen LogP contribution in [0.2, 0.25) is 0 Å². The molecule has 0 aliphatic rings. The van der Waals surface area contributed by atoms with E-state index in [0.717, 1.165) is 11.4 Å². The standard InChI is InChI=1S/C12H21N5O2/c1-7(2)17-9(4)12(8(3)16-17)15-11(19)6-14-10(18)5-13/h7H,5-6,13H2,1-4H3,(H,14,18)(H,15,19). The Balaban J connectivity index is 2.72. The fourth-order valence-corrected chi connectivity index (χ4v) is 1.78. The average molecular weight is 267 g/mol. The van der Waals surface area contributed by atoms with Gasteiger partial charge in [0.15, 0.2) is 0 Å². The second-order valence-corrected chi connectivity index (χ2v) is 4.61. The summed E-state index contributed by atoms with van der Waals surface area (Å²) >= 11 is 0. The molecule has 1 heterocycles. The SMILES string of the molecule is Cc1nn(C(C)C)c(C)c1NC(=O)CNC(=O)CN. The first-order valence-electron chi connectivity index (χ1n) is 6.19. The predicted octanol–water partition coefficient (Wildman–Crippen LogP) is 0.0942. The number of anilines is 1. The number of hydrogen-bond acceptors (Lipinski definition) is 4. The summed E-state index contributed by atoms with van der Waals surface area (Å²) in [6.07, 6.45) is 0. The summed E-state index contributed by atoms with van der Waals surface area (Å²) in [5.41, 5.74) is 7.48. The molecular weight excluding hydrogens is 246 g/mol. The summed E-state index contributed by atoms with van der Waals surface area (Å²) in [6.45, 7) is 7.55. The molecule has 0 atom stereocenters. The number of amides is 2. The van der Waals surface area contributed by atoms with E-state index in [1.807, 2.05) is 32.4 Å². The van der Waals surface area contributed by atoms with E-state index in [1.54, 1.807) is 0 Å². The first kappa shape index (κ1) is 15.2. The zero-order valence-electron chi connectivity index (χ0n) is 11.8. The van der Waals surface area contributed by atoms with Crippen molar-refractivity contribution in [2.75, 3.05) is 18.4 Å². The highest BCUT2D eigenvalue weighted by molar-refractivity contribution is 5.95. The molecule has 0 radical (unpaired) electrons. The monoisotopic (exact) mass is 267 g/mol. The summed E-state index contributed by atoms with van der Waals surface area (Å²) < 4.78 is 1.85. The number of nitrogens with one attached hydrogen (secondary N) is 2. The largest absolute Gasteiger partial charge is 0.346 e. The molecule has 7 nitrogen and oxygen atoms in total. The number of carbonyl (C=O) groups is 2. The molecule has 0 fully saturated rings. The van der Waals surface area contributed by atoms with Gasteiger partial charge in [0, 0.05) is 6.04 Å². The number of carbonyl (C=O) groups excluding carboxylic acids is 2. The molecular formula is C12H21N5O2. The number of aromatic nitrogens is 2. The number of aryl methyl sites for hydroxylation is 1. The van der Waals surface area contributed by atoms with Crippen LogP contribution in [0.5, 0.6) is 0 Å². The molecule has 4 N–H and O–H groups in total. The van der Waals surface area contributed by atoms with Crippen molar-refractivity contribution < 1.29 is 9.59 Å². The molecule has 0 aromatic carbocycles. The third-order valence-electron chi connectivity index (χ3n) is 2.71. The van der Waals surface area contributed by atoms with E-state index >= 15 is 0 Å². The molecule has 0 saturated heterocycles. The Morgan fingerprint density at radius 1 is 1.32 bits per heavy atom. The summed E-state index contributed by atoms with van der Waals surface area (Å²) in [4.78, 5) is 22.7. The molecule has 0 unspecified atom stereocenters. The highest BCUT2D eigenvalue weighted by Crippen LogP contribution is 2.22. The molecule has 0 aliphatic carbocycles. The molecule has 2 amide bonds. The van der Waals surface area contributed by atoms with Crippen LogP contribution < -0.4 is 16.4 Å². The van der Waals surface area contributed by atoms with Gasteiger partial charge in [0.25, 0.3) is 0 Å². The normalized spacial score (nSPS) is 10.6. The first-order chi connectivity index (χ1) is 8.86. The molecule has 0 aliphatic heterocycles. The Labute approximate surface area is 112 Å². The smallest absolute Gasteiger partial charge is 0.243 e. The van der Waals surface area contributed by atoms with Crippen molar-refractivity contribution in [1.29, 1.82) is 0 Å². The van der Waals surface area contributed by atoms with Gasteiger partial charge in [0.2, 0.25) is 11.8 Å². The van der Waals surface area contributed by atoms with Crippen molar-refractivity contribution in [1.82, 2.24) is 15.1 Å². The van der Waals surface area contributed by atoms with Crippen molar-refractivity contribution in [3.63, 3.8) is 0 Å². The predicted molar refractivity (Wildman–Crippen MR) is 72.8 cm³/mol. The van der Waals surface area contributed by atoms with Crippen molar-refractivity contribution in [2.45, 2.75) is 33.7 Å². The van der Waals surface area contributed by atoms with Crippen LogP contribution in [0.4, 0.5) is 5.69 Å². The molecule has 106 valence electrons. The van der Waals surface area contributed by atoms with Gasteiger partial charge in [-0.3, -0.25) is 14.3 Å². The minimum atomic E-state index is -0.360. The minimum absolute atomic E-state index is 0.0955.